The zero-order chi connectivity index (χ0) is 24.0. The molecule has 4 amide bonds. The van der Waals surface area contributed by atoms with Gasteiger partial charge in [0.15, 0.2) is 0 Å². The molecule has 4 atom stereocenters. The van der Waals surface area contributed by atoms with Crippen LogP contribution in [-0.4, -0.2) is 52.4 Å². The molecule has 0 spiro atoms. The van der Waals surface area contributed by atoms with Gasteiger partial charge in [-0.25, -0.2) is 4.79 Å². The second kappa shape index (κ2) is 10.8. The lowest BCUT2D eigenvalue weighted by atomic mass is 9.90. The molecule has 1 aliphatic rings. The summed E-state index contributed by atoms with van der Waals surface area (Å²) in [6.45, 7) is 1.92. The van der Waals surface area contributed by atoms with Gasteiger partial charge in [-0.15, -0.1) is 0 Å². The van der Waals surface area contributed by atoms with Crippen LogP contribution in [0.15, 0.2) is 66.2 Å². The van der Waals surface area contributed by atoms with E-state index in [4.69, 9.17) is 5.73 Å². The van der Waals surface area contributed by atoms with Crippen LogP contribution in [0.5, 0.6) is 0 Å². The number of hydrogen-bond acceptors (Lipinski definition) is 5. The molecule has 0 aromatic heterocycles. The van der Waals surface area contributed by atoms with Gasteiger partial charge >= 0.3 is 6.03 Å². The van der Waals surface area contributed by atoms with E-state index >= 15 is 0 Å². The number of anilines is 1. The van der Waals surface area contributed by atoms with Crippen LogP contribution in [0.4, 0.5) is 10.5 Å². The second-order valence-corrected chi connectivity index (χ2v) is 8.06. The molecule has 0 aliphatic heterocycles. The van der Waals surface area contributed by atoms with Gasteiger partial charge in [-0.2, -0.15) is 0 Å². The summed E-state index contributed by atoms with van der Waals surface area (Å²) in [5.41, 5.74) is 8.00. The fourth-order valence-corrected chi connectivity index (χ4v) is 3.54. The maximum atomic E-state index is 12.8. The predicted molar refractivity (Wildman–Crippen MR) is 123 cm³/mol. The summed E-state index contributed by atoms with van der Waals surface area (Å²) in [5, 5.41) is 28.3. The molecule has 174 valence electrons. The molecule has 9 heteroatoms. The highest BCUT2D eigenvalue weighted by Crippen LogP contribution is 2.20. The van der Waals surface area contributed by atoms with Crippen LogP contribution < -0.4 is 21.7 Å². The molecular formula is C24H28N4O5. The number of aliphatic hydroxyl groups excluding tert-OH is 2. The van der Waals surface area contributed by atoms with Gasteiger partial charge < -0.3 is 31.9 Å². The van der Waals surface area contributed by atoms with Crippen molar-refractivity contribution in [1.82, 2.24) is 10.6 Å². The van der Waals surface area contributed by atoms with Crippen LogP contribution in [0.1, 0.15) is 17.5 Å². The first-order chi connectivity index (χ1) is 15.7. The topological polar surface area (TPSA) is 154 Å². The second-order valence-electron chi connectivity index (χ2n) is 8.06. The average Bonchev–Trinajstić information content (AvgIpc) is 2.78. The smallest absolute Gasteiger partial charge is 0.319 e. The number of nitrogens with two attached hydrogens (primary N) is 1. The van der Waals surface area contributed by atoms with Gasteiger partial charge in [-0.3, -0.25) is 9.59 Å². The maximum absolute atomic E-state index is 12.8. The molecule has 0 heterocycles. The van der Waals surface area contributed by atoms with Crippen molar-refractivity contribution >= 4 is 23.5 Å². The number of nitrogens with one attached hydrogen (secondary N) is 3. The van der Waals surface area contributed by atoms with Gasteiger partial charge in [0.1, 0.15) is 12.1 Å². The molecule has 2 aromatic rings. The Morgan fingerprint density at radius 3 is 2.36 bits per heavy atom. The zero-order valence-electron chi connectivity index (χ0n) is 18.2. The number of carbonyl (C=O) groups is 3. The summed E-state index contributed by atoms with van der Waals surface area (Å²) in [6, 6.07) is 13.6. The normalized spacial score (nSPS) is 20.8. The minimum absolute atomic E-state index is 0.132. The van der Waals surface area contributed by atoms with E-state index < -0.39 is 42.1 Å². The van der Waals surface area contributed by atoms with E-state index in [1.165, 1.54) is 6.08 Å². The minimum Gasteiger partial charge on any atom is -0.390 e. The number of carbonyl (C=O) groups excluding carboxylic acids is 3. The lowest BCUT2D eigenvalue weighted by molar-refractivity contribution is -0.125. The first kappa shape index (κ1) is 24.0. The summed E-state index contributed by atoms with van der Waals surface area (Å²) < 4.78 is 0. The molecule has 4 unspecified atom stereocenters. The van der Waals surface area contributed by atoms with Crippen LogP contribution in [-0.2, 0) is 16.0 Å². The van der Waals surface area contributed by atoms with Crippen LogP contribution in [0.2, 0.25) is 0 Å². The van der Waals surface area contributed by atoms with E-state index in [2.05, 4.69) is 16.0 Å². The maximum Gasteiger partial charge on any atom is 0.319 e. The molecule has 0 bridgehead atoms. The SMILES string of the molecule is Cc1ccc(NC(=O)NC2C=C(C(=O)NC(Cc3ccccc3)C(N)=O)CC(O)C2O)cc1. The molecule has 33 heavy (non-hydrogen) atoms. The third kappa shape index (κ3) is 6.64. The molecule has 3 rings (SSSR count). The molecule has 9 nitrogen and oxygen atoms in total. The van der Waals surface area contributed by atoms with Crippen LogP contribution in [0.25, 0.3) is 0 Å². The third-order valence-corrected chi connectivity index (χ3v) is 5.40. The highest BCUT2D eigenvalue weighted by atomic mass is 16.3. The van der Waals surface area contributed by atoms with E-state index in [9.17, 15) is 24.6 Å². The van der Waals surface area contributed by atoms with Crippen molar-refractivity contribution in [3.8, 4) is 0 Å². The number of benzene rings is 2. The summed E-state index contributed by atoms with van der Waals surface area (Å²) >= 11 is 0. The van der Waals surface area contributed by atoms with Crippen molar-refractivity contribution in [2.75, 3.05) is 5.32 Å². The van der Waals surface area contributed by atoms with Crippen molar-refractivity contribution in [3.05, 3.63) is 77.4 Å². The Hall–Kier alpha value is -3.69. The number of aliphatic hydroxyl groups is 2. The number of aryl methyl sites for hydroxylation is 1. The fraction of sp³-hybridized carbons (Fsp3) is 0.292. The van der Waals surface area contributed by atoms with Crippen molar-refractivity contribution in [2.45, 2.75) is 44.1 Å². The van der Waals surface area contributed by atoms with Gasteiger partial charge in [-0.05, 0) is 24.6 Å². The zero-order valence-corrected chi connectivity index (χ0v) is 18.2. The number of amides is 4. The Morgan fingerprint density at radius 2 is 1.73 bits per heavy atom. The highest BCUT2D eigenvalue weighted by Gasteiger charge is 2.34. The van der Waals surface area contributed by atoms with E-state index in [0.29, 0.717) is 5.69 Å². The molecule has 7 N–H and O–H groups in total. The Morgan fingerprint density at radius 1 is 1.06 bits per heavy atom. The average molecular weight is 453 g/mol. The lowest BCUT2D eigenvalue weighted by Gasteiger charge is -2.31. The molecule has 0 radical (unpaired) electrons. The predicted octanol–water partition coefficient (Wildman–Crippen LogP) is 0.750. The highest BCUT2D eigenvalue weighted by molar-refractivity contribution is 5.97. The molecule has 0 saturated carbocycles. The largest absolute Gasteiger partial charge is 0.390 e. The van der Waals surface area contributed by atoms with E-state index in [-0.39, 0.29) is 18.4 Å². The summed E-state index contributed by atoms with van der Waals surface area (Å²) in [6.07, 6.45) is -1.13. The van der Waals surface area contributed by atoms with Gasteiger partial charge in [-0.1, -0.05) is 54.1 Å². The van der Waals surface area contributed by atoms with Crippen molar-refractivity contribution in [3.63, 3.8) is 0 Å². The number of urea groups is 1. The first-order valence-electron chi connectivity index (χ1n) is 10.6. The van der Waals surface area contributed by atoms with Crippen molar-refractivity contribution < 1.29 is 24.6 Å². The summed E-state index contributed by atoms with van der Waals surface area (Å²) in [7, 11) is 0. The van der Waals surface area contributed by atoms with Gasteiger partial charge in [0, 0.05) is 24.1 Å². The first-order valence-corrected chi connectivity index (χ1v) is 10.6. The molecule has 1 aliphatic carbocycles. The minimum atomic E-state index is -1.30. The van der Waals surface area contributed by atoms with E-state index in [0.717, 1.165) is 11.1 Å². The Kier molecular flexibility index (Phi) is 7.81. The Bertz CT molecular complexity index is 1020. The number of rotatable bonds is 7. The lowest BCUT2D eigenvalue weighted by Crippen LogP contribution is -2.53. The molecule has 0 saturated heterocycles. The van der Waals surface area contributed by atoms with Gasteiger partial charge in [0.25, 0.3) is 0 Å². The standard InChI is InChI=1S/C24H28N4O5/c1-14-7-9-17(10-8-14)26-24(33)28-18-12-16(13-20(29)21(18)30)23(32)27-19(22(25)31)11-15-5-3-2-4-6-15/h2-10,12,18-21,29-30H,11,13H2,1H3,(H2,25,31)(H,27,32)(H2,26,28,33). The monoisotopic (exact) mass is 452 g/mol. The van der Waals surface area contributed by atoms with E-state index in [1.807, 2.05) is 49.4 Å². The number of primary amides is 1. The summed E-state index contributed by atoms with van der Waals surface area (Å²) in [5.74, 6) is -1.30. The van der Waals surface area contributed by atoms with Crippen LogP contribution in [0, 0.1) is 6.92 Å². The molecule has 2 aromatic carbocycles. The third-order valence-electron chi connectivity index (χ3n) is 5.40. The quantitative estimate of drug-likeness (QED) is 0.366. The summed E-state index contributed by atoms with van der Waals surface area (Å²) in [4.78, 5) is 37.0. The number of hydrogen-bond donors (Lipinski definition) is 6. The van der Waals surface area contributed by atoms with Crippen molar-refractivity contribution in [1.29, 1.82) is 0 Å². The van der Waals surface area contributed by atoms with Gasteiger partial charge in [0.05, 0.1) is 12.1 Å². The molecule has 0 fully saturated rings. The van der Waals surface area contributed by atoms with Gasteiger partial charge in [0.2, 0.25) is 11.8 Å². The van der Waals surface area contributed by atoms with E-state index in [1.54, 1.807) is 12.1 Å². The fourth-order valence-electron chi connectivity index (χ4n) is 3.54. The molecular weight excluding hydrogens is 424 g/mol. The van der Waals surface area contributed by atoms with Crippen molar-refractivity contribution in [2.24, 2.45) is 5.73 Å². The Labute approximate surface area is 191 Å². The Balaban J connectivity index is 1.68. The van der Waals surface area contributed by atoms with Crippen LogP contribution in [0.3, 0.4) is 0 Å². The van der Waals surface area contributed by atoms with Crippen LogP contribution >= 0.6 is 0 Å².